The second-order valence-corrected chi connectivity index (χ2v) is 0. The summed E-state index contributed by atoms with van der Waals surface area (Å²) in [6, 6.07) is 0. The molecule has 0 aliphatic carbocycles. The van der Waals surface area contributed by atoms with Crippen molar-refractivity contribution >= 4 is 17.0 Å². The number of hydrogen-bond acceptors (Lipinski definition) is 0. The zero-order chi connectivity index (χ0) is 0. The first-order valence-electron chi connectivity index (χ1n) is 0. The van der Waals surface area contributed by atoms with Gasteiger partial charge in [-0.05, 0) is 0 Å². The smallest absolute Gasteiger partial charge is 1.00 e. The first-order chi connectivity index (χ1) is 0. The first-order valence-corrected chi connectivity index (χ1v) is 0. The van der Waals surface area contributed by atoms with Gasteiger partial charge in [0.1, 0.15) is 0 Å². The molecule has 0 saturated carbocycles. The van der Waals surface area contributed by atoms with E-state index in [-0.39, 0.29) is 63.6 Å². The molecule has 0 spiro atoms. The van der Waals surface area contributed by atoms with Crippen LogP contribution in [0.15, 0.2) is 0 Å². The van der Waals surface area contributed by atoms with Crippen LogP contribution in [0.1, 0.15) is 1.43 Å². The molecule has 0 aromatic carbocycles. The fourth-order valence-corrected chi connectivity index (χ4v) is 0. The third-order valence-electron chi connectivity index (χ3n) is 0. The maximum Gasteiger partial charge on any atom is 1.00 e. The molecule has 3 heteroatoms. The van der Waals surface area contributed by atoms with E-state index in [1.807, 2.05) is 0 Å². The summed E-state index contributed by atoms with van der Waals surface area (Å²) in [5.41, 5.74) is 0. The fraction of sp³-hybridized carbons (Fsp3) is 0. The van der Waals surface area contributed by atoms with Gasteiger partial charge in [-0.25, -0.2) is 0 Å². The maximum atomic E-state index is 0. The second-order valence-electron chi connectivity index (χ2n) is 0. The van der Waals surface area contributed by atoms with Gasteiger partial charge < -0.3 is 8.85 Å². The normalized spacial score (nSPS) is 0. The zero-order valence-corrected chi connectivity index (χ0v) is 5.12. The molecule has 0 bridgehead atoms. The molecule has 0 N–H and O–H groups in total. The van der Waals surface area contributed by atoms with Gasteiger partial charge in [-0.3, -0.25) is 0 Å². The van der Waals surface area contributed by atoms with Gasteiger partial charge in [0, 0.05) is 0 Å². The topological polar surface area (TPSA) is 0 Å². The third-order valence-corrected chi connectivity index (χ3v) is 0. The van der Waals surface area contributed by atoms with Crippen LogP contribution in [0.4, 0.5) is 0 Å². The molecule has 0 aliphatic heterocycles. The van der Waals surface area contributed by atoms with Crippen LogP contribution in [0.25, 0.3) is 0 Å². The van der Waals surface area contributed by atoms with Crippen LogP contribution < -0.4 is 37.7 Å². The van der Waals surface area contributed by atoms with E-state index < -0.39 is 0 Å². The van der Waals surface area contributed by atoms with Gasteiger partial charge in [-0.2, -0.15) is 0 Å². The van der Waals surface area contributed by atoms with E-state index in [9.17, 15) is 0 Å². The second kappa shape index (κ2) is 22.5. The molecular weight excluding hydrogens is 106 g/mol. The van der Waals surface area contributed by atoms with Crippen molar-refractivity contribution in [3.8, 4) is 0 Å². The Balaban J connectivity index is 0. The van der Waals surface area contributed by atoms with E-state index in [0.717, 1.165) is 0 Å². The summed E-state index contributed by atoms with van der Waals surface area (Å²) in [6.07, 6.45) is 0. The summed E-state index contributed by atoms with van der Waals surface area (Å²) < 4.78 is 0. The number of hydrogen-bond donors (Lipinski definition) is 0. The Kier molecular flexibility index (Phi) is 249. The number of rotatable bonds is 0. The predicted molar refractivity (Wildman–Crippen MR) is 17.8 cm³/mol. The Bertz CT molecular complexity index is 9.61. The summed E-state index contributed by atoms with van der Waals surface area (Å²) >= 11 is 0. The molecule has 4 heavy (non-hydrogen) atoms. The van der Waals surface area contributed by atoms with Crippen molar-refractivity contribution in [2.24, 2.45) is 0 Å². The molecule has 0 radical (unpaired) electrons. The summed E-state index contributed by atoms with van der Waals surface area (Å²) in [4.78, 5) is 0. The van der Waals surface area contributed by atoms with Crippen molar-refractivity contribution in [3.05, 3.63) is 7.43 Å². The molecule has 0 atom stereocenters. The van der Waals surface area contributed by atoms with Crippen LogP contribution in [0.2, 0.25) is 0 Å². The molecule has 0 aliphatic rings. The van der Waals surface area contributed by atoms with E-state index in [1.54, 1.807) is 0 Å². The first kappa shape index (κ1) is 44.2. The Morgan fingerprint density at radius 2 is 1.00 bits per heavy atom. The van der Waals surface area contributed by atoms with Gasteiger partial charge in [-0.1, -0.05) is 0 Å². The van der Waals surface area contributed by atoms with Crippen molar-refractivity contribution in [1.82, 2.24) is 0 Å². The van der Waals surface area contributed by atoms with E-state index in [2.05, 4.69) is 0 Å². The quantitative estimate of drug-likeness (QED) is 0.217. The molecule has 18 valence electrons. The third kappa shape index (κ3) is 9.37. The predicted octanol–water partition coefficient (Wildman–Crippen LogP) is -4.85. The fourth-order valence-electron chi connectivity index (χ4n) is 0. The van der Waals surface area contributed by atoms with Crippen molar-refractivity contribution in [3.63, 3.8) is 0 Å². The minimum Gasteiger partial charge on any atom is -1.00 e. The van der Waals surface area contributed by atoms with Gasteiger partial charge in [0.05, 0.1) is 0 Å². The van der Waals surface area contributed by atoms with E-state index in [4.69, 9.17) is 0 Å². The van der Waals surface area contributed by atoms with E-state index in [1.165, 1.54) is 0 Å². The summed E-state index contributed by atoms with van der Waals surface area (Å²) in [5.74, 6) is 0. The molecule has 0 aromatic rings. The van der Waals surface area contributed by atoms with Gasteiger partial charge in [-0.15, -0.1) is 17.0 Å². The van der Waals surface area contributed by atoms with Gasteiger partial charge in [0.2, 0.25) is 0 Å². The molecule has 0 saturated heterocycles. The summed E-state index contributed by atoms with van der Waals surface area (Å²) in [5, 5.41) is 0. The monoisotopic (exact) mass is 110 g/mol. The standard InChI is InChI=1S/CH3.BrH.2Li.H/h1H3;1H;;;/q-1;;2*+1;-1. The number of halogens is 1. The Labute approximate surface area is 63.3 Å². The molecule has 0 fully saturated rings. The van der Waals surface area contributed by atoms with Crippen LogP contribution in [-0.2, 0) is 0 Å². The van der Waals surface area contributed by atoms with Crippen LogP contribution in [0, 0.1) is 7.43 Å². The summed E-state index contributed by atoms with van der Waals surface area (Å²) in [7, 11) is 0. The Morgan fingerprint density at radius 3 is 1.00 bits per heavy atom. The van der Waals surface area contributed by atoms with Crippen molar-refractivity contribution in [2.75, 3.05) is 0 Å². The molecule has 0 unspecified atom stereocenters. The molecule has 0 aromatic heterocycles. The zero-order valence-electron chi connectivity index (χ0n) is 4.41. The van der Waals surface area contributed by atoms with Crippen LogP contribution in [0.5, 0.6) is 0 Å². The Hall–Kier alpha value is 1.67. The van der Waals surface area contributed by atoms with Crippen molar-refractivity contribution in [1.29, 1.82) is 0 Å². The average Bonchev–Trinajstić information content (AvgIpc) is 0. The molecule has 0 rings (SSSR count). The molecule has 0 nitrogen and oxygen atoms in total. The van der Waals surface area contributed by atoms with Crippen molar-refractivity contribution in [2.45, 2.75) is 0 Å². The molecular formula is CH5BrLi2. The van der Waals surface area contributed by atoms with Crippen LogP contribution >= 0.6 is 17.0 Å². The van der Waals surface area contributed by atoms with Crippen LogP contribution in [-0.4, -0.2) is 0 Å². The van der Waals surface area contributed by atoms with Gasteiger partial charge in [0.25, 0.3) is 0 Å². The minimum absolute atomic E-state index is 0. The van der Waals surface area contributed by atoms with Gasteiger partial charge >= 0.3 is 37.7 Å². The minimum atomic E-state index is 0. The van der Waals surface area contributed by atoms with E-state index >= 15 is 0 Å². The van der Waals surface area contributed by atoms with Crippen LogP contribution in [0.3, 0.4) is 0 Å². The largest absolute Gasteiger partial charge is 1.00 e. The van der Waals surface area contributed by atoms with E-state index in [0.29, 0.717) is 0 Å². The average molecular weight is 111 g/mol. The SMILES string of the molecule is Br.[CH3-].[H-].[Li+].[Li+]. The van der Waals surface area contributed by atoms with Crippen molar-refractivity contribution < 1.29 is 39.1 Å². The molecule has 0 amide bonds. The summed E-state index contributed by atoms with van der Waals surface area (Å²) in [6.45, 7) is 0. The molecule has 0 heterocycles. The Morgan fingerprint density at radius 1 is 1.00 bits per heavy atom. The van der Waals surface area contributed by atoms with Gasteiger partial charge in [0.15, 0.2) is 0 Å². The maximum absolute atomic E-state index is 0.